The monoisotopic (exact) mass is 335 g/mol. The van der Waals surface area contributed by atoms with Crippen LogP contribution < -0.4 is 5.32 Å². The first kappa shape index (κ1) is 17.2. The molecular weight excluding hydrogens is 310 g/mol. The number of nitrogens with zero attached hydrogens (tertiary/aromatic N) is 2. The second kappa shape index (κ2) is 7.97. The molecule has 0 aliphatic rings. The van der Waals surface area contributed by atoms with E-state index in [1.165, 1.54) is 5.56 Å². The fraction of sp³-hybridized carbons (Fsp3) is 0.333. The number of aryl methyl sites for hydroxylation is 2. The standard InChI is InChI=1S/C21H25N3O/c1-16(2)14-22-21(25)15-24-19-11-7-6-10-18(19)23-20(24)13-12-17-8-4-3-5-9-17/h3-11,16H,12-15H2,1-2H3,(H,22,25). The van der Waals surface area contributed by atoms with Gasteiger partial charge in [0.2, 0.25) is 5.91 Å². The second-order valence-electron chi connectivity index (χ2n) is 6.79. The van der Waals surface area contributed by atoms with E-state index in [0.29, 0.717) is 19.0 Å². The number of hydrogen-bond acceptors (Lipinski definition) is 2. The number of carbonyl (C=O) groups is 1. The lowest BCUT2D eigenvalue weighted by molar-refractivity contribution is -0.121. The lowest BCUT2D eigenvalue weighted by atomic mass is 10.1. The molecule has 4 heteroatoms. The summed E-state index contributed by atoms with van der Waals surface area (Å²) in [6, 6.07) is 18.4. The molecule has 0 atom stereocenters. The summed E-state index contributed by atoms with van der Waals surface area (Å²) in [4.78, 5) is 17.1. The zero-order valence-electron chi connectivity index (χ0n) is 14.9. The van der Waals surface area contributed by atoms with Gasteiger partial charge in [-0.1, -0.05) is 56.3 Å². The number of carbonyl (C=O) groups excluding carboxylic acids is 1. The van der Waals surface area contributed by atoms with E-state index >= 15 is 0 Å². The highest BCUT2D eigenvalue weighted by Gasteiger charge is 2.13. The van der Waals surface area contributed by atoms with Crippen LogP contribution in [0.3, 0.4) is 0 Å². The van der Waals surface area contributed by atoms with Gasteiger partial charge in [-0.25, -0.2) is 4.98 Å². The van der Waals surface area contributed by atoms with Crippen LogP contribution in [0.5, 0.6) is 0 Å². The molecule has 0 aliphatic carbocycles. The van der Waals surface area contributed by atoms with Gasteiger partial charge in [0.05, 0.1) is 11.0 Å². The maximum Gasteiger partial charge on any atom is 0.240 e. The van der Waals surface area contributed by atoms with Crippen molar-refractivity contribution in [2.45, 2.75) is 33.2 Å². The van der Waals surface area contributed by atoms with E-state index in [0.717, 1.165) is 29.7 Å². The van der Waals surface area contributed by atoms with E-state index in [1.807, 2.05) is 34.9 Å². The predicted molar refractivity (Wildman–Crippen MR) is 101 cm³/mol. The highest BCUT2D eigenvalue weighted by molar-refractivity contribution is 5.81. The van der Waals surface area contributed by atoms with E-state index in [2.05, 4.69) is 43.4 Å². The quantitative estimate of drug-likeness (QED) is 0.717. The van der Waals surface area contributed by atoms with Crippen LogP contribution in [0.1, 0.15) is 25.2 Å². The molecule has 0 unspecified atom stereocenters. The molecule has 0 fully saturated rings. The maximum atomic E-state index is 12.3. The second-order valence-corrected chi connectivity index (χ2v) is 6.79. The number of fused-ring (bicyclic) bond motifs is 1. The number of rotatable bonds is 7. The van der Waals surface area contributed by atoms with Crippen LogP contribution in [0.15, 0.2) is 54.6 Å². The molecule has 0 spiro atoms. The van der Waals surface area contributed by atoms with Gasteiger partial charge in [-0.05, 0) is 30.0 Å². The molecule has 4 nitrogen and oxygen atoms in total. The van der Waals surface area contributed by atoms with Crippen LogP contribution in [0.2, 0.25) is 0 Å². The van der Waals surface area contributed by atoms with Gasteiger partial charge in [0.15, 0.2) is 0 Å². The summed E-state index contributed by atoms with van der Waals surface area (Å²) in [6.45, 7) is 5.21. The van der Waals surface area contributed by atoms with Crippen molar-refractivity contribution in [1.29, 1.82) is 0 Å². The summed E-state index contributed by atoms with van der Waals surface area (Å²) in [6.07, 6.45) is 1.73. The molecular formula is C21H25N3O. The summed E-state index contributed by atoms with van der Waals surface area (Å²) >= 11 is 0. The smallest absolute Gasteiger partial charge is 0.240 e. The minimum atomic E-state index is 0.0396. The lowest BCUT2D eigenvalue weighted by Crippen LogP contribution is -2.31. The largest absolute Gasteiger partial charge is 0.354 e. The van der Waals surface area contributed by atoms with Crippen molar-refractivity contribution >= 4 is 16.9 Å². The zero-order valence-corrected chi connectivity index (χ0v) is 14.9. The van der Waals surface area contributed by atoms with Crippen molar-refractivity contribution in [3.8, 4) is 0 Å². The average molecular weight is 335 g/mol. The van der Waals surface area contributed by atoms with Crippen molar-refractivity contribution in [2.75, 3.05) is 6.54 Å². The third kappa shape index (κ3) is 4.47. The summed E-state index contributed by atoms with van der Waals surface area (Å²) in [5.74, 6) is 1.45. The first-order valence-electron chi connectivity index (χ1n) is 8.88. The van der Waals surface area contributed by atoms with Gasteiger partial charge in [0.1, 0.15) is 12.4 Å². The topological polar surface area (TPSA) is 46.9 Å². The van der Waals surface area contributed by atoms with Crippen LogP contribution in [0.4, 0.5) is 0 Å². The van der Waals surface area contributed by atoms with Gasteiger partial charge < -0.3 is 9.88 Å². The van der Waals surface area contributed by atoms with Crippen LogP contribution in [0, 0.1) is 5.92 Å². The molecule has 3 rings (SSSR count). The summed E-state index contributed by atoms with van der Waals surface area (Å²) in [7, 11) is 0. The van der Waals surface area contributed by atoms with E-state index in [-0.39, 0.29) is 5.91 Å². The minimum absolute atomic E-state index is 0.0396. The lowest BCUT2D eigenvalue weighted by Gasteiger charge is -2.11. The Bertz CT molecular complexity index is 837. The summed E-state index contributed by atoms with van der Waals surface area (Å²) in [5.41, 5.74) is 3.25. The predicted octanol–water partition coefficient (Wildman–Crippen LogP) is 3.59. The van der Waals surface area contributed by atoms with Gasteiger partial charge in [0.25, 0.3) is 0 Å². The van der Waals surface area contributed by atoms with Gasteiger partial charge in [-0.2, -0.15) is 0 Å². The molecule has 0 saturated heterocycles. The number of benzene rings is 2. The molecule has 130 valence electrons. The third-order valence-electron chi connectivity index (χ3n) is 4.22. The molecule has 1 aromatic heterocycles. The Morgan fingerprint density at radius 3 is 2.52 bits per heavy atom. The molecule has 0 aliphatic heterocycles. The highest BCUT2D eigenvalue weighted by atomic mass is 16.1. The van der Waals surface area contributed by atoms with Gasteiger partial charge in [-0.3, -0.25) is 4.79 Å². The molecule has 1 amide bonds. The Morgan fingerprint density at radius 2 is 1.76 bits per heavy atom. The number of nitrogens with one attached hydrogen (secondary N) is 1. The van der Waals surface area contributed by atoms with Gasteiger partial charge >= 0.3 is 0 Å². The Morgan fingerprint density at radius 1 is 1.04 bits per heavy atom. The fourth-order valence-corrected chi connectivity index (χ4v) is 2.91. The molecule has 25 heavy (non-hydrogen) atoms. The SMILES string of the molecule is CC(C)CNC(=O)Cn1c(CCc2ccccc2)nc2ccccc21. The number of hydrogen-bond donors (Lipinski definition) is 1. The number of aromatic nitrogens is 2. The van der Waals surface area contributed by atoms with Gasteiger partial charge in [-0.15, -0.1) is 0 Å². The molecule has 0 saturated carbocycles. The Hall–Kier alpha value is -2.62. The van der Waals surface area contributed by atoms with Crippen LogP contribution in [0.25, 0.3) is 11.0 Å². The maximum absolute atomic E-state index is 12.3. The van der Waals surface area contributed by atoms with Gasteiger partial charge in [0, 0.05) is 13.0 Å². The van der Waals surface area contributed by atoms with E-state index in [4.69, 9.17) is 4.98 Å². The van der Waals surface area contributed by atoms with Crippen molar-refractivity contribution in [3.63, 3.8) is 0 Å². The average Bonchev–Trinajstić information content (AvgIpc) is 2.97. The molecule has 0 radical (unpaired) electrons. The van der Waals surface area contributed by atoms with Crippen LogP contribution in [-0.4, -0.2) is 22.0 Å². The Labute approximate surface area is 148 Å². The van der Waals surface area contributed by atoms with E-state index in [1.54, 1.807) is 0 Å². The normalized spacial score (nSPS) is 11.2. The third-order valence-corrected chi connectivity index (χ3v) is 4.22. The highest BCUT2D eigenvalue weighted by Crippen LogP contribution is 2.17. The van der Waals surface area contributed by atoms with Crippen molar-refractivity contribution in [1.82, 2.24) is 14.9 Å². The molecule has 1 heterocycles. The minimum Gasteiger partial charge on any atom is -0.354 e. The first-order chi connectivity index (χ1) is 12.1. The number of para-hydroxylation sites is 2. The van der Waals surface area contributed by atoms with Crippen LogP contribution >= 0.6 is 0 Å². The van der Waals surface area contributed by atoms with E-state index < -0.39 is 0 Å². The van der Waals surface area contributed by atoms with Crippen molar-refractivity contribution in [2.24, 2.45) is 5.92 Å². The number of imidazole rings is 1. The summed E-state index contributed by atoms with van der Waals surface area (Å²) < 4.78 is 2.05. The first-order valence-corrected chi connectivity index (χ1v) is 8.88. The van der Waals surface area contributed by atoms with E-state index in [9.17, 15) is 4.79 Å². The Kier molecular flexibility index (Phi) is 5.49. The molecule has 3 aromatic rings. The fourth-order valence-electron chi connectivity index (χ4n) is 2.91. The van der Waals surface area contributed by atoms with Crippen molar-refractivity contribution in [3.05, 3.63) is 66.0 Å². The van der Waals surface area contributed by atoms with Crippen molar-refractivity contribution < 1.29 is 4.79 Å². The molecule has 1 N–H and O–H groups in total. The molecule has 2 aromatic carbocycles. The Balaban J connectivity index is 1.80. The number of amides is 1. The van der Waals surface area contributed by atoms with Crippen LogP contribution in [-0.2, 0) is 24.2 Å². The zero-order chi connectivity index (χ0) is 17.6. The molecule has 0 bridgehead atoms. The summed E-state index contributed by atoms with van der Waals surface area (Å²) in [5, 5.41) is 3.00.